The molecule has 102 valence electrons. The number of nitrogens with one attached hydrogen (secondary N) is 1. The second-order valence-corrected chi connectivity index (χ2v) is 5.93. The summed E-state index contributed by atoms with van der Waals surface area (Å²) >= 11 is 1.66. The third-order valence-corrected chi connectivity index (χ3v) is 4.35. The fraction of sp³-hybridized carbons (Fsp3) is 0.235. The predicted molar refractivity (Wildman–Crippen MR) is 84.0 cm³/mol. The first kappa shape index (κ1) is 14.6. The lowest BCUT2D eigenvalue weighted by atomic mass is 10.1. The van der Waals surface area contributed by atoms with E-state index in [4.69, 9.17) is 0 Å². The Morgan fingerprint density at radius 1 is 1.10 bits per heavy atom. The van der Waals surface area contributed by atoms with Crippen molar-refractivity contribution >= 4 is 11.8 Å². The van der Waals surface area contributed by atoms with Crippen LogP contribution in [0, 0.1) is 25.2 Å². The molecule has 3 heteroatoms. The molecule has 0 saturated heterocycles. The number of hydrogen-bond acceptors (Lipinski definition) is 3. The van der Waals surface area contributed by atoms with E-state index in [9.17, 15) is 5.26 Å². The van der Waals surface area contributed by atoms with Crippen LogP contribution in [0.2, 0.25) is 0 Å². The molecule has 0 bridgehead atoms. The van der Waals surface area contributed by atoms with Crippen molar-refractivity contribution in [1.82, 2.24) is 5.32 Å². The molecule has 2 rings (SSSR count). The van der Waals surface area contributed by atoms with E-state index in [0.717, 1.165) is 22.6 Å². The summed E-state index contributed by atoms with van der Waals surface area (Å²) in [6, 6.07) is 14.8. The zero-order valence-electron chi connectivity index (χ0n) is 12.0. The third kappa shape index (κ3) is 3.41. The van der Waals surface area contributed by atoms with Crippen molar-refractivity contribution in [1.29, 1.82) is 5.26 Å². The van der Waals surface area contributed by atoms with Crippen LogP contribution in [0.5, 0.6) is 0 Å². The van der Waals surface area contributed by atoms with E-state index in [1.165, 1.54) is 16.0 Å². The van der Waals surface area contributed by atoms with Crippen LogP contribution in [0.3, 0.4) is 0 Å². The summed E-state index contributed by atoms with van der Waals surface area (Å²) in [5.41, 5.74) is 4.38. The molecule has 0 radical (unpaired) electrons. The van der Waals surface area contributed by atoms with Crippen LogP contribution < -0.4 is 5.32 Å². The first-order valence-corrected chi connectivity index (χ1v) is 7.38. The smallest absolute Gasteiger partial charge is 0.100 e. The molecule has 2 nitrogen and oxygen atoms in total. The van der Waals surface area contributed by atoms with Crippen molar-refractivity contribution in [3.05, 3.63) is 58.7 Å². The van der Waals surface area contributed by atoms with Crippen molar-refractivity contribution in [2.24, 2.45) is 0 Å². The van der Waals surface area contributed by atoms with E-state index < -0.39 is 0 Å². The molecule has 0 amide bonds. The first-order chi connectivity index (χ1) is 9.63. The summed E-state index contributed by atoms with van der Waals surface area (Å²) in [5, 5.41) is 12.4. The highest BCUT2D eigenvalue weighted by Gasteiger charge is 2.07. The van der Waals surface area contributed by atoms with Gasteiger partial charge in [0.15, 0.2) is 0 Å². The van der Waals surface area contributed by atoms with Gasteiger partial charge in [0, 0.05) is 16.3 Å². The lowest BCUT2D eigenvalue weighted by Crippen LogP contribution is -2.05. The minimum atomic E-state index is 0.739. The molecule has 0 atom stereocenters. The topological polar surface area (TPSA) is 35.8 Å². The van der Waals surface area contributed by atoms with Crippen LogP contribution in [-0.4, -0.2) is 7.05 Å². The molecule has 0 fully saturated rings. The molecular weight excluding hydrogens is 264 g/mol. The quantitative estimate of drug-likeness (QED) is 0.919. The van der Waals surface area contributed by atoms with E-state index in [1.807, 2.05) is 19.2 Å². The maximum atomic E-state index is 9.32. The predicted octanol–water partition coefficient (Wildman–Crippen LogP) is 4.05. The second-order valence-electron chi connectivity index (χ2n) is 4.84. The van der Waals surface area contributed by atoms with Gasteiger partial charge in [-0.05, 0) is 50.2 Å². The van der Waals surface area contributed by atoms with Gasteiger partial charge < -0.3 is 5.32 Å². The van der Waals surface area contributed by atoms with Crippen molar-refractivity contribution in [3.8, 4) is 6.07 Å². The maximum Gasteiger partial charge on any atom is 0.100 e. The summed E-state index contributed by atoms with van der Waals surface area (Å²) in [4.78, 5) is 2.22. The van der Waals surface area contributed by atoms with E-state index in [0.29, 0.717) is 0 Å². The molecule has 2 aromatic rings. The van der Waals surface area contributed by atoms with Crippen LogP contribution in [0.4, 0.5) is 0 Å². The average molecular weight is 282 g/mol. The van der Waals surface area contributed by atoms with Gasteiger partial charge in [-0.25, -0.2) is 0 Å². The van der Waals surface area contributed by atoms with Crippen molar-refractivity contribution < 1.29 is 0 Å². The van der Waals surface area contributed by atoms with Gasteiger partial charge in [0.1, 0.15) is 6.07 Å². The molecule has 0 spiro atoms. The van der Waals surface area contributed by atoms with Gasteiger partial charge in [-0.3, -0.25) is 0 Å². The van der Waals surface area contributed by atoms with E-state index in [2.05, 4.69) is 49.5 Å². The van der Waals surface area contributed by atoms with Crippen molar-refractivity contribution in [2.45, 2.75) is 30.2 Å². The van der Waals surface area contributed by atoms with E-state index in [1.54, 1.807) is 11.8 Å². The molecule has 2 aromatic carbocycles. The van der Waals surface area contributed by atoms with Crippen LogP contribution in [-0.2, 0) is 6.54 Å². The molecular formula is C17H18N2S. The molecule has 0 aliphatic rings. The Hall–Kier alpha value is -1.76. The number of nitrogens with zero attached hydrogens (tertiary/aromatic N) is 1. The van der Waals surface area contributed by atoms with Gasteiger partial charge in [-0.2, -0.15) is 5.26 Å². The Bertz CT molecular complexity index is 657. The summed E-state index contributed by atoms with van der Waals surface area (Å²) in [6.07, 6.45) is 0. The summed E-state index contributed by atoms with van der Waals surface area (Å²) in [7, 11) is 1.91. The Morgan fingerprint density at radius 3 is 2.50 bits per heavy atom. The molecule has 0 aromatic heterocycles. The normalized spacial score (nSPS) is 10.3. The second kappa shape index (κ2) is 6.60. The van der Waals surface area contributed by atoms with Gasteiger partial charge >= 0.3 is 0 Å². The van der Waals surface area contributed by atoms with Crippen molar-refractivity contribution in [3.63, 3.8) is 0 Å². The van der Waals surface area contributed by atoms with E-state index >= 15 is 0 Å². The lowest BCUT2D eigenvalue weighted by Gasteiger charge is -2.09. The number of benzene rings is 2. The van der Waals surface area contributed by atoms with Crippen molar-refractivity contribution in [2.75, 3.05) is 7.05 Å². The van der Waals surface area contributed by atoms with Crippen LogP contribution in [0.15, 0.2) is 46.2 Å². The van der Waals surface area contributed by atoms with Gasteiger partial charge in [-0.15, -0.1) is 0 Å². The standard InChI is InChI=1S/C17H18N2S/c1-12-4-6-16(13(2)8-12)20-17-7-5-14(11-19-3)9-15(17)10-18/h4-9,19H,11H2,1-3H3. The zero-order chi connectivity index (χ0) is 14.5. The number of hydrogen-bond donors (Lipinski definition) is 1. The van der Waals surface area contributed by atoms with Crippen LogP contribution in [0.1, 0.15) is 22.3 Å². The number of nitriles is 1. The molecule has 1 N–H and O–H groups in total. The number of rotatable bonds is 4. The summed E-state index contributed by atoms with van der Waals surface area (Å²) in [6.45, 7) is 4.98. The third-order valence-electron chi connectivity index (χ3n) is 3.10. The van der Waals surface area contributed by atoms with Crippen LogP contribution in [0.25, 0.3) is 0 Å². The van der Waals surface area contributed by atoms with Gasteiger partial charge in [-0.1, -0.05) is 35.5 Å². The van der Waals surface area contributed by atoms with Crippen LogP contribution >= 0.6 is 11.8 Å². The molecule has 0 heterocycles. The average Bonchev–Trinajstić information content (AvgIpc) is 2.43. The Balaban J connectivity index is 2.31. The summed E-state index contributed by atoms with van der Waals surface area (Å²) < 4.78 is 0. The van der Waals surface area contributed by atoms with Gasteiger partial charge in [0.25, 0.3) is 0 Å². The molecule has 0 saturated carbocycles. The minimum absolute atomic E-state index is 0.739. The first-order valence-electron chi connectivity index (χ1n) is 6.57. The molecule has 0 aliphatic heterocycles. The highest BCUT2D eigenvalue weighted by atomic mass is 32.2. The zero-order valence-corrected chi connectivity index (χ0v) is 12.8. The van der Waals surface area contributed by atoms with E-state index in [-0.39, 0.29) is 0 Å². The Kier molecular flexibility index (Phi) is 4.84. The SMILES string of the molecule is CNCc1ccc(Sc2ccc(C)cc2C)c(C#N)c1. The molecule has 0 aliphatic carbocycles. The van der Waals surface area contributed by atoms with Gasteiger partial charge in [0.2, 0.25) is 0 Å². The maximum absolute atomic E-state index is 9.32. The fourth-order valence-corrected chi connectivity index (χ4v) is 3.04. The largest absolute Gasteiger partial charge is 0.316 e. The fourth-order valence-electron chi connectivity index (χ4n) is 2.10. The number of aryl methyl sites for hydroxylation is 2. The molecule has 0 unspecified atom stereocenters. The summed E-state index contributed by atoms with van der Waals surface area (Å²) in [5.74, 6) is 0. The highest BCUT2D eigenvalue weighted by molar-refractivity contribution is 7.99. The monoisotopic (exact) mass is 282 g/mol. The van der Waals surface area contributed by atoms with Gasteiger partial charge in [0.05, 0.1) is 5.56 Å². The lowest BCUT2D eigenvalue weighted by molar-refractivity contribution is 0.816. The Labute approximate surface area is 124 Å². The minimum Gasteiger partial charge on any atom is -0.316 e. The Morgan fingerprint density at radius 2 is 1.85 bits per heavy atom. The molecule has 20 heavy (non-hydrogen) atoms. The highest BCUT2D eigenvalue weighted by Crippen LogP contribution is 2.33.